The van der Waals surface area contributed by atoms with Crippen molar-refractivity contribution < 1.29 is 13.9 Å². The molecule has 0 bridgehead atoms. The van der Waals surface area contributed by atoms with Gasteiger partial charge in [-0.25, -0.2) is 4.99 Å². The van der Waals surface area contributed by atoms with Gasteiger partial charge < -0.3 is 13.9 Å². The summed E-state index contributed by atoms with van der Waals surface area (Å²) in [7, 11) is 3.25. The van der Waals surface area contributed by atoms with E-state index in [2.05, 4.69) is 36.4 Å². The fourth-order valence-electron chi connectivity index (χ4n) is 4.90. The summed E-state index contributed by atoms with van der Waals surface area (Å²) < 4.78 is 17.0. The Morgan fingerprint density at radius 3 is 1.79 bits per heavy atom. The van der Waals surface area contributed by atoms with Crippen molar-refractivity contribution in [1.82, 2.24) is 0 Å². The minimum absolute atomic E-state index is 0.256. The molecule has 1 heterocycles. The third-order valence-electron chi connectivity index (χ3n) is 6.86. The Hall–Kier alpha value is -5.34. The molecule has 0 fully saturated rings. The lowest BCUT2D eigenvalue weighted by atomic mass is 9.97. The van der Waals surface area contributed by atoms with E-state index in [1.807, 2.05) is 72.8 Å². The molecule has 1 aromatic heterocycles. The van der Waals surface area contributed by atoms with Crippen LogP contribution in [0, 0.1) is 11.3 Å². The summed E-state index contributed by atoms with van der Waals surface area (Å²) in [5.74, 6) is 2.28. The number of nitrogens with zero attached hydrogens (tertiary/aromatic N) is 2. The van der Waals surface area contributed by atoms with Crippen molar-refractivity contribution in [3.63, 3.8) is 0 Å². The third-order valence-corrected chi connectivity index (χ3v) is 6.86. The maximum atomic E-state index is 10.3. The molecule has 5 nitrogen and oxygen atoms in total. The zero-order chi connectivity index (χ0) is 26.8. The van der Waals surface area contributed by atoms with E-state index in [0.29, 0.717) is 16.9 Å². The van der Waals surface area contributed by atoms with Crippen molar-refractivity contribution in [2.24, 2.45) is 4.99 Å². The van der Waals surface area contributed by atoms with Gasteiger partial charge >= 0.3 is 0 Å². The van der Waals surface area contributed by atoms with Gasteiger partial charge in [-0.15, -0.1) is 0 Å². The molecule has 0 atom stereocenters. The summed E-state index contributed by atoms with van der Waals surface area (Å²) in [5.41, 5.74) is 3.67. The SMILES string of the molecule is COc1ccc(-c2oc(N=Cc3c4ccccc4cc4ccccc34)c(C#N)c2-c2ccc(OC)cc2)cc1. The molecule has 0 aliphatic heterocycles. The van der Waals surface area contributed by atoms with Crippen LogP contribution < -0.4 is 9.47 Å². The fraction of sp³-hybridized carbons (Fsp3) is 0.0588. The van der Waals surface area contributed by atoms with E-state index < -0.39 is 0 Å². The van der Waals surface area contributed by atoms with Gasteiger partial charge in [0.2, 0.25) is 5.88 Å². The average Bonchev–Trinajstić information content (AvgIpc) is 3.37. The molecule has 6 rings (SSSR count). The minimum atomic E-state index is 0.256. The highest BCUT2D eigenvalue weighted by molar-refractivity contribution is 6.13. The van der Waals surface area contributed by atoms with Crippen LogP contribution in [0.2, 0.25) is 0 Å². The van der Waals surface area contributed by atoms with E-state index in [1.165, 1.54) is 0 Å². The van der Waals surface area contributed by atoms with Gasteiger partial charge in [-0.3, -0.25) is 0 Å². The van der Waals surface area contributed by atoms with Crippen LogP contribution in [0.4, 0.5) is 5.88 Å². The number of ether oxygens (including phenoxy) is 2. The minimum Gasteiger partial charge on any atom is -0.497 e. The van der Waals surface area contributed by atoms with Crippen molar-refractivity contribution >= 4 is 33.6 Å². The molecule has 6 aromatic rings. The monoisotopic (exact) mass is 508 g/mol. The zero-order valence-corrected chi connectivity index (χ0v) is 21.5. The summed E-state index contributed by atoms with van der Waals surface area (Å²) >= 11 is 0. The lowest BCUT2D eigenvalue weighted by molar-refractivity contribution is 0.414. The fourth-order valence-corrected chi connectivity index (χ4v) is 4.90. The second-order valence-corrected chi connectivity index (χ2v) is 9.05. The van der Waals surface area contributed by atoms with Gasteiger partial charge in [0.15, 0.2) is 0 Å². The summed E-state index contributed by atoms with van der Waals surface area (Å²) in [5, 5.41) is 14.7. The summed E-state index contributed by atoms with van der Waals surface area (Å²) in [6, 6.07) is 36.1. The Balaban J connectivity index is 1.56. The quantitative estimate of drug-likeness (QED) is 0.167. The second-order valence-electron chi connectivity index (χ2n) is 9.05. The van der Waals surface area contributed by atoms with Crippen LogP contribution in [0.1, 0.15) is 11.1 Å². The van der Waals surface area contributed by atoms with Gasteiger partial charge in [0, 0.05) is 22.9 Å². The highest BCUT2D eigenvalue weighted by atomic mass is 16.5. The van der Waals surface area contributed by atoms with Crippen LogP contribution in [0.5, 0.6) is 11.5 Å². The van der Waals surface area contributed by atoms with Crippen LogP contribution >= 0.6 is 0 Å². The Kier molecular flexibility index (Phi) is 6.28. The number of furan rings is 1. The molecular weight excluding hydrogens is 484 g/mol. The number of aliphatic imine (C=N–C) groups is 1. The smallest absolute Gasteiger partial charge is 0.238 e. The van der Waals surface area contributed by atoms with Crippen LogP contribution in [0.3, 0.4) is 0 Å². The highest BCUT2D eigenvalue weighted by Gasteiger charge is 2.23. The molecule has 188 valence electrons. The van der Waals surface area contributed by atoms with Crippen LogP contribution in [-0.4, -0.2) is 20.4 Å². The van der Waals surface area contributed by atoms with Crippen molar-refractivity contribution in [2.45, 2.75) is 0 Å². The number of fused-ring (bicyclic) bond motifs is 2. The average molecular weight is 509 g/mol. The van der Waals surface area contributed by atoms with Crippen molar-refractivity contribution in [2.75, 3.05) is 14.2 Å². The second kappa shape index (κ2) is 10.2. The molecule has 0 spiro atoms. The Bertz CT molecular complexity index is 1820. The predicted molar refractivity (Wildman–Crippen MR) is 156 cm³/mol. The molecular formula is C34H24N2O3. The molecule has 0 aliphatic rings. The van der Waals surface area contributed by atoms with Gasteiger partial charge in [-0.2, -0.15) is 5.26 Å². The van der Waals surface area contributed by atoms with Crippen LogP contribution in [0.15, 0.2) is 113 Å². The van der Waals surface area contributed by atoms with E-state index >= 15 is 0 Å². The normalized spacial score (nSPS) is 11.2. The molecule has 0 amide bonds. The molecule has 0 saturated heterocycles. The van der Waals surface area contributed by atoms with Gasteiger partial charge in [-0.05, 0) is 69.6 Å². The predicted octanol–water partition coefficient (Wildman–Crippen LogP) is 8.56. The van der Waals surface area contributed by atoms with E-state index in [4.69, 9.17) is 18.9 Å². The molecule has 0 aliphatic carbocycles. The first-order valence-corrected chi connectivity index (χ1v) is 12.5. The Morgan fingerprint density at radius 1 is 0.718 bits per heavy atom. The van der Waals surface area contributed by atoms with Gasteiger partial charge in [0.1, 0.15) is 28.9 Å². The Morgan fingerprint density at radius 2 is 1.26 bits per heavy atom. The molecule has 0 saturated carbocycles. The van der Waals surface area contributed by atoms with E-state index in [0.717, 1.165) is 49.7 Å². The number of benzene rings is 5. The maximum absolute atomic E-state index is 10.3. The zero-order valence-electron chi connectivity index (χ0n) is 21.5. The molecule has 39 heavy (non-hydrogen) atoms. The number of hydrogen-bond acceptors (Lipinski definition) is 5. The number of methoxy groups -OCH3 is 2. The van der Waals surface area contributed by atoms with Crippen molar-refractivity contribution in [3.8, 4) is 40.0 Å². The largest absolute Gasteiger partial charge is 0.497 e. The molecule has 0 N–H and O–H groups in total. The summed E-state index contributed by atoms with van der Waals surface area (Å²) in [6.45, 7) is 0. The number of rotatable bonds is 6. The molecule has 0 radical (unpaired) electrons. The topological polar surface area (TPSA) is 67.8 Å². The standard InChI is InChI=1S/C34H24N2O3/c1-37-26-15-11-22(12-16-26)32-30(20-35)34(39-33(32)23-13-17-27(38-2)18-14-23)36-21-31-28-9-5-3-7-24(28)19-25-8-4-6-10-29(25)31/h3-19,21H,1-2H3. The van der Waals surface area contributed by atoms with E-state index in [-0.39, 0.29) is 5.88 Å². The first-order valence-electron chi connectivity index (χ1n) is 12.5. The van der Waals surface area contributed by atoms with E-state index in [1.54, 1.807) is 20.4 Å². The number of nitriles is 1. The highest BCUT2D eigenvalue weighted by Crippen LogP contribution is 2.43. The third kappa shape index (κ3) is 4.39. The molecule has 5 aromatic carbocycles. The summed E-state index contributed by atoms with van der Waals surface area (Å²) in [6.07, 6.45) is 1.81. The van der Waals surface area contributed by atoms with Crippen LogP contribution in [0.25, 0.3) is 44.0 Å². The maximum Gasteiger partial charge on any atom is 0.238 e. The first kappa shape index (κ1) is 24.0. The summed E-state index contributed by atoms with van der Waals surface area (Å²) in [4.78, 5) is 4.78. The molecule has 0 unspecified atom stereocenters. The first-order chi connectivity index (χ1) is 19.2. The number of hydrogen-bond donors (Lipinski definition) is 0. The lowest BCUT2D eigenvalue weighted by Gasteiger charge is -2.07. The Labute approximate surface area is 226 Å². The van der Waals surface area contributed by atoms with Crippen LogP contribution in [-0.2, 0) is 0 Å². The van der Waals surface area contributed by atoms with Gasteiger partial charge in [0.25, 0.3) is 0 Å². The van der Waals surface area contributed by atoms with Gasteiger partial charge in [-0.1, -0.05) is 60.7 Å². The van der Waals surface area contributed by atoms with Crippen molar-refractivity contribution in [3.05, 3.63) is 114 Å². The van der Waals surface area contributed by atoms with Gasteiger partial charge in [0.05, 0.1) is 14.2 Å². The lowest BCUT2D eigenvalue weighted by Crippen LogP contribution is -1.88. The molecule has 5 heteroatoms. The van der Waals surface area contributed by atoms with Crippen molar-refractivity contribution in [1.29, 1.82) is 5.26 Å². The van der Waals surface area contributed by atoms with E-state index in [9.17, 15) is 5.26 Å².